The van der Waals surface area contributed by atoms with Gasteiger partial charge in [0, 0.05) is 51.2 Å². The average molecular weight is 944 g/mol. The molecule has 0 radical (unpaired) electrons. The number of nitrogens with zero attached hydrogens (tertiary/aromatic N) is 3. The Kier molecular flexibility index (Phi) is 13.1. The number of fused-ring (bicyclic) bond motifs is 2. The van der Waals surface area contributed by atoms with Crippen LogP contribution in [0.1, 0.15) is 76.0 Å². The molecule has 0 saturated carbocycles. The zero-order valence-electron chi connectivity index (χ0n) is 42.8. The summed E-state index contributed by atoms with van der Waals surface area (Å²) in [7, 11) is 0. The van der Waals surface area contributed by atoms with Crippen LogP contribution in [0.5, 0.6) is 0 Å². The molecule has 0 saturated heterocycles. The zero-order valence-corrected chi connectivity index (χ0v) is 42.8. The summed E-state index contributed by atoms with van der Waals surface area (Å²) in [4.78, 5) is 7.26. The van der Waals surface area contributed by atoms with Crippen LogP contribution in [0, 0.1) is 0 Å². The Labute approximate surface area is 433 Å². The van der Waals surface area contributed by atoms with Gasteiger partial charge in [-0.2, -0.15) is 0 Å². The minimum absolute atomic E-state index is 0.0129. The second-order valence-electron chi connectivity index (χ2n) is 20.3. The van der Waals surface area contributed by atoms with Crippen molar-refractivity contribution in [2.24, 2.45) is 0 Å². The lowest BCUT2D eigenvalue weighted by atomic mass is 9.33. The highest BCUT2D eigenvalue weighted by atomic mass is 15.2. The monoisotopic (exact) mass is 944 g/mol. The lowest BCUT2D eigenvalue weighted by Crippen LogP contribution is -2.59. The number of hydrogen-bond donors (Lipinski definition) is 0. The third-order valence-corrected chi connectivity index (χ3v) is 14.6. The molecule has 0 N–H and O–H groups in total. The van der Waals surface area contributed by atoms with E-state index in [0.717, 1.165) is 45.4 Å². The molecule has 10 aromatic rings. The second kappa shape index (κ2) is 20.4. The van der Waals surface area contributed by atoms with Crippen LogP contribution in [0.25, 0.3) is 22.3 Å². The van der Waals surface area contributed by atoms with Gasteiger partial charge in [-0.15, -0.1) is 0 Å². The maximum Gasteiger partial charge on any atom is 0.247 e. The highest BCUT2D eigenvalue weighted by molar-refractivity contribution is 6.98. The Morgan fingerprint density at radius 3 is 1.14 bits per heavy atom. The quantitative estimate of drug-likeness (QED) is 0.107. The Morgan fingerprint density at radius 1 is 0.315 bits per heavy atom. The van der Waals surface area contributed by atoms with Gasteiger partial charge in [0.1, 0.15) is 0 Å². The minimum atomic E-state index is -0.0129. The summed E-state index contributed by atoms with van der Waals surface area (Å²) < 4.78 is 0. The highest BCUT2D eigenvalue weighted by Crippen LogP contribution is 2.44. The first-order valence-corrected chi connectivity index (χ1v) is 26.0. The van der Waals surface area contributed by atoms with Crippen LogP contribution in [0.4, 0.5) is 51.2 Å². The van der Waals surface area contributed by atoms with E-state index in [9.17, 15) is 0 Å². The van der Waals surface area contributed by atoms with Crippen molar-refractivity contribution in [3.63, 3.8) is 0 Å². The highest BCUT2D eigenvalue weighted by Gasteiger charge is 2.39. The summed E-state index contributed by atoms with van der Waals surface area (Å²) in [5.74, 6) is 1.07. The Hall–Kier alpha value is -8.34. The third kappa shape index (κ3) is 9.26. The number of rotatable bonds is 13. The third-order valence-electron chi connectivity index (χ3n) is 14.6. The average Bonchev–Trinajstić information content (AvgIpc) is 3.44. The first-order valence-electron chi connectivity index (χ1n) is 26.0. The van der Waals surface area contributed by atoms with Crippen molar-refractivity contribution in [2.45, 2.75) is 59.3 Å². The first-order chi connectivity index (χ1) is 35.7. The van der Waals surface area contributed by atoms with Crippen LogP contribution in [0.3, 0.4) is 0 Å². The van der Waals surface area contributed by atoms with Gasteiger partial charge in [-0.05, 0) is 159 Å². The van der Waals surface area contributed by atoms with E-state index < -0.39 is 0 Å². The maximum atomic E-state index is 2.53. The second-order valence-corrected chi connectivity index (χ2v) is 20.3. The molecule has 73 heavy (non-hydrogen) atoms. The summed E-state index contributed by atoms with van der Waals surface area (Å²) in [6.45, 7) is 14.1. The molecule has 0 unspecified atom stereocenters. The summed E-state index contributed by atoms with van der Waals surface area (Å²) in [6, 6.07) is 91.3. The molecular formula is C69H62BN3. The van der Waals surface area contributed by atoms with Crippen LogP contribution >= 0.6 is 0 Å². The van der Waals surface area contributed by atoms with E-state index in [-0.39, 0.29) is 6.71 Å². The molecule has 1 heterocycles. The fraction of sp³-hybridized carbons (Fsp3) is 0.130. The van der Waals surface area contributed by atoms with Crippen molar-refractivity contribution in [1.82, 2.24) is 0 Å². The maximum absolute atomic E-state index is 2.53. The Morgan fingerprint density at radius 2 is 0.671 bits per heavy atom. The molecule has 11 rings (SSSR count). The van der Waals surface area contributed by atoms with Gasteiger partial charge in [0.15, 0.2) is 0 Å². The van der Waals surface area contributed by atoms with Gasteiger partial charge in [-0.25, -0.2) is 0 Å². The van der Waals surface area contributed by atoms with Crippen LogP contribution in [-0.4, -0.2) is 6.71 Å². The molecule has 1 aliphatic rings. The van der Waals surface area contributed by atoms with Crippen molar-refractivity contribution in [2.75, 3.05) is 14.7 Å². The SMILES string of the molecule is CC(C)c1cc(C(C)C)c(B2c3ccc(-c4ccc(N(c5ccccc5)c5ccc(-c6ccccc6)cc5)cc4)cc3N(c3ccccc3)c3cc(N(c4ccccc4)c4ccccc4)ccc32)c(C(C)C)c1. The largest absolute Gasteiger partial charge is 0.311 e. The van der Waals surface area contributed by atoms with Crippen molar-refractivity contribution < 1.29 is 0 Å². The van der Waals surface area contributed by atoms with E-state index in [0.29, 0.717) is 17.8 Å². The summed E-state index contributed by atoms with van der Waals surface area (Å²) >= 11 is 0. The number of hydrogen-bond acceptors (Lipinski definition) is 3. The molecule has 0 bridgehead atoms. The molecule has 0 aliphatic carbocycles. The molecular weight excluding hydrogens is 882 g/mol. The minimum Gasteiger partial charge on any atom is -0.311 e. The van der Waals surface area contributed by atoms with E-state index in [1.54, 1.807) is 0 Å². The molecule has 0 spiro atoms. The van der Waals surface area contributed by atoms with E-state index in [1.807, 2.05) is 0 Å². The summed E-state index contributed by atoms with van der Waals surface area (Å²) in [6.07, 6.45) is 0. The van der Waals surface area contributed by atoms with Crippen LogP contribution in [-0.2, 0) is 0 Å². The van der Waals surface area contributed by atoms with E-state index in [2.05, 4.69) is 305 Å². The molecule has 0 aromatic heterocycles. The zero-order chi connectivity index (χ0) is 50.0. The molecule has 1 aliphatic heterocycles. The summed E-state index contributed by atoms with van der Waals surface area (Å²) in [5, 5.41) is 0. The van der Waals surface area contributed by atoms with Gasteiger partial charge in [-0.1, -0.05) is 205 Å². The normalized spacial score (nSPS) is 12.0. The van der Waals surface area contributed by atoms with Crippen LogP contribution in [0.15, 0.2) is 249 Å². The van der Waals surface area contributed by atoms with E-state index in [1.165, 1.54) is 61.1 Å². The van der Waals surface area contributed by atoms with Crippen LogP contribution in [0.2, 0.25) is 0 Å². The summed E-state index contributed by atoms with van der Waals surface area (Å²) in [5.41, 5.74) is 23.2. The standard InChI is InChI=1S/C69H62BN3/c1-48(2)55-44-63(49(3)4)69(64(45-55)50(5)6)70-65-42-36-54(53-34-39-61(40-35-53)71(56-24-14-8-15-25-56)60-37-32-52(33-38-60)51-22-12-7-13-23-51)46-67(65)73(59-30-20-11-21-31-59)68-47-62(41-43-66(68)70)72(57-26-16-9-17-27-57)58-28-18-10-19-29-58/h7-50H,1-6H3. The predicted molar refractivity (Wildman–Crippen MR) is 315 cm³/mol. The number of anilines is 9. The van der Waals surface area contributed by atoms with Gasteiger partial charge in [0.25, 0.3) is 0 Å². The Bertz CT molecular complexity index is 3400. The molecule has 0 atom stereocenters. The number of benzene rings is 10. The van der Waals surface area contributed by atoms with Gasteiger partial charge in [0.2, 0.25) is 6.71 Å². The van der Waals surface area contributed by atoms with E-state index in [4.69, 9.17) is 0 Å². The van der Waals surface area contributed by atoms with Crippen molar-refractivity contribution >= 4 is 74.3 Å². The lowest BCUT2D eigenvalue weighted by Gasteiger charge is -2.40. The van der Waals surface area contributed by atoms with Gasteiger partial charge in [-0.3, -0.25) is 0 Å². The van der Waals surface area contributed by atoms with Gasteiger partial charge < -0.3 is 14.7 Å². The van der Waals surface area contributed by atoms with E-state index >= 15 is 0 Å². The van der Waals surface area contributed by atoms with Crippen molar-refractivity contribution in [1.29, 1.82) is 0 Å². The lowest BCUT2D eigenvalue weighted by molar-refractivity contribution is 0.812. The van der Waals surface area contributed by atoms with Crippen molar-refractivity contribution in [3.05, 3.63) is 265 Å². The molecule has 3 nitrogen and oxygen atoms in total. The molecule has 10 aromatic carbocycles. The first kappa shape index (κ1) is 47.0. The van der Waals surface area contributed by atoms with Crippen molar-refractivity contribution in [3.8, 4) is 22.3 Å². The molecule has 0 amide bonds. The van der Waals surface area contributed by atoms with Gasteiger partial charge in [0.05, 0.1) is 0 Å². The Balaban J connectivity index is 1.10. The fourth-order valence-corrected chi connectivity index (χ4v) is 10.9. The number of para-hydroxylation sites is 4. The molecule has 356 valence electrons. The molecule has 0 fully saturated rings. The van der Waals surface area contributed by atoms with Crippen LogP contribution < -0.4 is 31.1 Å². The fourth-order valence-electron chi connectivity index (χ4n) is 10.9. The smallest absolute Gasteiger partial charge is 0.247 e. The predicted octanol–water partition coefficient (Wildman–Crippen LogP) is 17.6. The molecule has 4 heteroatoms. The van der Waals surface area contributed by atoms with Gasteiger partial charge >= 0.3 is 0 Å². The topological polar surface area (TPSA) is 9.72 Å².